The van der Waals surface area contributed by atoms with Gasteiger partial charge in [0.1, 0.15) is 11.1 Å². The maximum absolute atomic E-state index is 12.5. The fourth-order valence-corrected chi connectivity index (χ4v) is 6.25. The first-order valence-electron chi connectivity index (χ1n) is 9.38. The monoisotopic (exact) mass is 385 g/mol. The van der Waals surface area contributed by atoms with Crippen molar-refractivity contribution in [1.29, 1.82) is 5.26 Å². The Kier molecular flexibility index (Phi) is 5.39. The third kappa shape index (κ3) is 3.57. The predicted octanol–water partition coefficient (Wildman–Crippen LogP) is 4.73. The summed E-state index contributed by atoms with van der Waals surface area (Å²) in [4.78, 5) is 17.6. The van der Waals surface area contributed by atoms with Gasteiger partial charge in [-0.1, -0.05) is 6.07 Å². The molecule has 136 valence electrons. The zero-order valence-electron chi connectivity index (χ0n) is 14.8. The topological polar surface area (TPSA) is 56.1 Å². The number of hydrogen-bond donors (Lipinski definition) is 1. The van der Waals surface area contributed by atoms with Crippen molar-refractivity contribution in [2.24, 2.45) is 0 Å². The first kappa shape index (κ1) is 17.7. The van der Waals surface area contributed by atoms with Crippen molar-refractivity contribution < 1.29 is 4.79 Å². The molecule has 26 heavy (non-hydrogen) atoms. The number of carbonyl (C=O) groups excluding carboxylic acids is 1. The van der Waals surface area contributed by atoms with Crippen LogP contribution in [0, 0.1) is 11.3 Å². The number of fused-ring (bicyclic) bond motifs is 1. The summed E-state index contributed by atoms with van der Waals surface area (Å²) in [5.74, 6) is 0.0249. The minimum atomic E-state index is 0.0249. The third-order valence-corrected chi connectivity index (χ3v) is 7.58. The third-order valence-electron chi connectivity index (χ3n) is 5.40. The Morgan fingerprint density at radius 2 is 2.23 bits per heavy atom. The predicted molar refractivity (Wildman–Crippen MR) is 107 cm³/mol. The molecule has 1 saturated heterocycles. The van der Waals surface area contributed by atoms with Crippen LogP contribution in [0.2, 0.25) is 0 Å². The molecular formula is C20H23N3OS2. The summed E-state index contributed by atoms with van der Waals surface area (Å²) in [6.07, 6.45) is 7.20. The number of carbonyl (C=O) groups is 1. The van der Waals surface area contributed by atoms with Crippen LogP contribution < -0.4 is 5.32 Å². The first-order valence-corrected chi connectivity index (χ1v) is 11.1. The van der Waals surface area contributed by atoms with Crippen LogP contribution >= 0.6 is 22.7 Å². The highest BCUT2D eigenvalue weighted by Gasteiger charge is 2.27. The molecule has 1 N–H and O–H groups in total. The van der Waals surface area contributed by atoms with Gasteiger partial charge in [0, 0.05) is 28.8 Å². The van der Waals surface area contributed by atoms with Gasteiger partial charge in [-0.05, 0) is 62.1 Å². The summed E-state index contributed by atoms with van der Waals surface area (Å²) < 4.78 is 0. The molecule has 3 heterocycles. The molecule has 0 unspecified atom stereocenters. The van der Waals surface area contributed by atoms with E-state index >= 15 is 0 Å². The molecule has 1 aliphatic carbocycles. The van der Waals surface area contributed by atoms with E-state index in [9.17, 15) is 10.1 Å². The van der Waals surface area contributed by atoms with Crippen molar-refractivity contribution in [2.45, 2.75) is 51.0 Å². The number of nitrogens with one attached hydrogen (secondary N) is 1. The lowest BCUT2D eigenvalue weighted by Crippen LogP contribution is -2.27. The van der Waals surface area contributed by atoms with Gasteiger partial charge in [-0.25, -0.2) is 0 Å². The van der Waals surface area contributed by atoms with Crippen LogP contribution in [-0.4, -0.2) is 23.9 Å². The average Bonchev–Trinajstić information content (AvgIpc) is 3.38. The molecule has 1 amide bonds. The van der Waals surface area contributed by atoms with Crippen LogP contribution in [0.5, 0.6) is 0 Å². The van der Waals surface area contributed by atoms with E-state index in [0.717, 1.165) is 37.4 Å². The second-order valence-electron chi connectivity index (χ2n) is 7.03. The number of rotatable bonds is 5. The molecule has 2 aromatic heterocycles. The van der Waals surface area contributed by atoms with Gasteiger partial charge in [-0.3, -0.25) is 9.69 Å². The number of hydrogen-bond acceptors (Lipinski definition) is 5. The number of anilines is 1. The van der Waals surface area contributed by atoms with Gasteiger partial charge >= 0.3 is 0 Å². The number of aryl methyl sites for hydroxylation is 1. The largest absolute Gasteiger partial charge is 0.317 e. The molecule has 1 atom stereocenters. The molecule has 4 rings (SSSR count). The van der Waals surface area contributed by atoms with Gasteiger partial charge in [-0.2, -0.15) is 5.26 Å². The molecular weight excluding hydrogens is 362 g/mol. The highest BCUT2D eigenvalue weighted by atomic mass is 32.1. The Morgan fingerprint density at radius 1 is 1.35 bits per heavy atom. The molecule has 1 fully saturated rings. The van der Waals surface area contributed by atoms with Gasteiger partial charge in [-0.15, -0.1) is 22.7 Å². The quantitative estimate of drug-likeness (QED) is 0.810. The van der Waals surface area contributed by atoms with Crippen molar-refractivity contribution in [2.75, 3.05) is 18.4 Å². The lowest BCUT2D eigenvalue weighted by molar-refractivity contribution is -0.116. The number of likely N-dealkylation sites (tertiary alicyclic amines) is 1. The van der Waals surface area contributed by atoms with Crippen LogP contribution in [0.1, 0.15) is 59.0 Å². The Labute approximate surface area is 162 Å². The Bertz CT molecular complexity index is 819. The van der Waals surface area contributed by atoms with Crippen molar-refractivity contribution in [3.05, 3.63) is 38.4 Å². The summed E-state index contributed by atoms with van der Waals surface area (Å²) in [7, 11) is 0. The van der Waals surface area contributed by atoms with Gasteiger partial charge in [0.2, 0.25) is 5.91 Å². The Morgan fingerprint density at radius 3 is 3.04 bits per heavy atom. The van der Waals surface area contributed by atoms with E-state index in [1.807, 2.05) is 0 Å². The van der Waals surface area contributed by atoms with Crippen molar-refractivity contribution >= 4 is 33.6 Å². The highest BCUT2D eigenvalue weighted by Crippen LogP contribution is 2.38. The maximum Gasteiger partial charge on any atom is 0.226 e. The molecule has 4 nitrogen and oxygen atoms in total. The number of nitriles is 1. The maximum atomic E-state index is 12.5. The number of thiophene rings is 2. The first-order chi connectivity index (χ1) is 12.8. The van der Waals surface area contributed by atoms with E-state index in [0.29, 0.717) is 18.0 Å². The normalized spacial score (nSPS) is 19.9. The molecule has 0 aromatic carbocycles. The Balaban J connectivity index is 1.37. The van der Waals surface area contributed by atoms with Gasteiger partial charge in [0.05, 0.1) is 5.56 Å². The van der Waals surface area contributed by atoms with E-state index in [4.69, 9.17) is 0 Å². The minimum Gasteiger partial charge on any atom is -0.317 e. The van der Waals surface area contributed by atoms with Crippen molar-refractivity contribution in [3.8, 4) is 6.07 Å². The highest BCUT2D eigenvalue weighted by molar-refractivity contribution is 7.16. The lowest BCUT2D eigenvalue weighted by atomic mass is 9.96. The van der Waals surface area contributed by atoms with E-state index in [-0.39, 0.29) is 5.91 Å². The smallest absolute Gasteiger partial charge is 0.226 e. The van der Waals surface area contributed by atoms with Crippen LogP contribution in [-0.2, 0) is 17.6 Å². The molecule has 2 aliphatic rings. The molecule has 1 aliphatic heterocycles. The average molecular weight is 386 g/mol. The summed E-state index contributed by atoms with van der Waals surface area (Å²) in [5.41, 5.74) is 1.88. The summed E-state index contributed by atoms with van der Waals surface area (Å²) in [6.45, 7) is 1.84. The van der Waals surface area contributed by atoms with Gasteiger partial charge < -0.3 is 5.32 Å². The molecule has 0 spiro atoms. The van der Waals surface area contributed by atoms with E-state index < -0.39 is 0 Å². The molecule has 6 heteroatoms. The van der Waals surface area contributed by atoms with Crippen LogP contribution in [0.25, 0.3) is 0 Å². The lowest BCUT2D eigenvalue weighted by Gasteiger charge is -2.23. The minimum absolute atomic E-state index is 0.0249. The molecule has 2 aromatic rings. The summed E-state index contributed by atoms with van der Waals surface area (Å²) in [5, 5.41) is 15.4. The molecule has 0 radical (unpaired) electrons. The van der Waals surface area contributed by atoms with E-state index in [2.05, 4.69) is 33.8 Å². The van der Waals surface area contributed by atoms with E-state index in [1.165, 1.54) is 34.6 Å². The summed E-state index contributed by atoms with van der Waals surface area (Å²) >= 11 is 3.41. The SMILES string of the molecule is N#Cc1c(NC(=O)CCN2CCC[C@@H]2c2cccs2)sc2c1CCCC2. The standard InChI is InChI=1S/C20H23N3OS2/c21-13-15-14-5-1-2-7-17(14)26-20(15)22-19(24)9-11-23-10-3-6-16(23)18-8-4-12-25-18/h4,8,12,16H,1-3,5-7,9-11H2,(H,22,24)/t16-/m1/s1. The van der Waals surface area contributed by atoms with Crippen LogP contribution in [0.3, 0.4) is 0 Å². The van der Waals surface area contributed by atoms with Crippen LogP contribution in [0.4, 0.5) is 5.00 Å². The second-order valence-corrected chi connectivity index (χ2v) is 9.12. The van der Waals surface area contributed by atoms with Gasteiger partial charge in [0.15, 0.2) is 0 Å². The number of amides is 1. The fourth-order valence-electron chi connectivity index (χ4n) is 4.10. The van der Waals surface area contributed by atoms with E-state index in [1.54, 1.807) is 22.7 Å². The van der Waals surface area contributed by atoms with Crippen molar-refractivity contribution in [3.63, 3.8) is 0 Å². The summed E-state index contributed by atoms with van der Waals surface area (Å²) in [6, 6.07) is 7.08. The van der Waals surface area contributed by atoms with Crippen molar-refractivity contribution in [1.82, 2.24) is 4.90 Å². The second kappa shape index (κ2) is 7.91. The number of nitrogens with zero attached hydrogens (tertiary/aromatic N) is 2. The fraction of sp³-hybridized carbons (Fsp3) is 0.500. The Hall–Kier alpha value is -1.68. The van der Waals surface area contributed by atoms with Crippen LogP contribution in [0.15, 0.2) is 17.5 Å². The molecule has 0 saturated carbocycles. The molecule has 0 bridgehead atoms. The zero-order valence-corrected chi connectivity index (χ0v) is 16.4. The van der Waals surface area contributed by atoms with Gasteiger partial charge in [0.25, 0.3) is 0 Å². The zero-order chi connectivity index (χ0) is 17.9.